The van der Waals surface area contributed by atoms with Crippen molar-refractivity contribution < 1.29 is 42.9 Å². The lowest BCUT2D eigenvalue weighted by Gasteiger charge is -2.36. The Morgan fingerprint density at radius 2 is 1.68 bits per heavy atom. The summed E-state index contributed by atoms with van der Waals surface area (Å²) in [4.78, 5) is 66.6. The third kappa shape index (κ3) is 11.6. The lowest BCUT2D eigenvalue weighted by atomic mass is 9.84. The van der Waals surface area contributed by atoms with Gasteiger partial charge in [-0.15, -0.1) is 0 Å². The molecular weight excluding hydrogens is 642 g/mol. The summed E-state index contributed by atoms with van der Waals surface area (Å²) < 4.78 is 22.0. The highest BCUT2D eigenvalue weighted by Gasteiger charge is 2.41. The van der Waals surface area contributed by atoms with Gasteiger partial charge in [0.25, 0.3) is 5.91 Å². The molecule has 2 aromatic rings. The van der Waals surface area contributed by atoms with E-state index >= 15 is 0 Å². The van der Waals surface area contributed by atoms with Crippen LogP contribution in [0.1, 0.15) is 89.4 Å². The second-order valence-corrected chi connectivity index (χ2v) is 13.1. The number of hydrogen-bond acceptors (Lipinski definition) is 9. The smallest absolute Gasteiger partial charge is 0.329 e. The molecule has 12 heteroatoms. The van der Waals surface area contributed by atoms with Gasteiger partial charge in [0.05, 0.1) is 14.2 Å². The van der Waals surface area contributed by atoms with Crippen molar-refractivity contribution in [1.82, 2.24) is 10.2 Å². The van der Waals surface area contributed by atoms with E-state index in [0.717, 1.165) is 12.0 Å². The van der Waals surface area contributed by atoms with Gasteiger partial charge in [-0.1, -0.05) is 39.0 Å². The van der Waals surface area contributed by atoms with Gasteiger partial charge in [-0.3, -0.25) is 19.2 Å². The largest absolute Gasteiger partial charge is 0.493 e. The number of nitrogens with one attached hydrogen (secondary N) is 2. The molecule has 0 aliphatic carbocycles. The Morgan fingerprint density at radius 3 is 2.38 bits per heavy atom. The summed E-state index contributed by atoms with van der Waals surface area (Å²) in [6, 6.07) is 11.7. The number of nitrogens with zero attached hydrogens (tertiary/aromatic N) is 1. The zero-order chi connectivity index (χ0) is 36.7. The van der Waals surface area contributed by atoms with E-state index in [1.54, 1.807) is 53.4 Å². The number of aryl methyl sites for hydroxylation is 1. The molecule has 2 atom stereocenters. The number of esters is 1. The van der Waals surface area contributed by atoms with E-state index in [4.69, 9.17) is 18.9 Å². The molecule has 1 aliphatic heterocycles. The number of methoxy groups -OCH3 is 3. The van der Waals surface area contributed by atoms with Crippen molar-refractivity contribution in [2.24, 2.45) is 5.41 Å². The van der Waals surface area contributed by atoms with Crippen LogP contribution in [-0.2, 0) is 39.9 Å². The Morgan fingerprint density at radius 1 is 0.940 bits per heavy atom. The first-order valence-electron chi connectivity index (χ1n) is 17.4. The number of carbonyl (C=O) groups excluding carboxylic acids is 5. The Balaban J connectivity index is 1.80. The second kappa shape index (κ2) is 19.7. The van der Waals surface area contributed by atoms with Crippen LogP contribution >= 0.6 is 0 Å². The van der Waals surface area contributed by atoms with Gasteiger partial charge in [0.1, 0.15) is 12.1 Å². The first kappa shape index (κ1) is 40.0. The predicted molar refractivity (Wildman–Crippen MR) is 189 cm³/mol. The fraction of sp³-hybridized carbons (Fsp3) is 0.553. The minimum Gasteiger partial charge on any atom is -0.493 e. The van der Waals surface area contributed by atoms with Crippen LogP contribution in [0.2, 0.25) is 0 Å². The number of ketones is 1. The van der Waals surface area contributed by atoms with Gasteiger partial charge in [-0.25, -0.2) is 4.79 Å². The van der Waals surface area contributed by atoms with E-state index in [0.29, 0.717) is 81.0 Å². The zero-order valence-corrected chi connectivity index (χ0v) is 30.3. The minimum absolute atomic E-state index is 0.00282. The van der Waals surface area contributed by atoms with Gasteiger partial charge in [0.15, 0.2) is 11.5 Å². The summed E-state index contributed by atoms with van der Waals surface area (Å²) in [5.41, 5.74) is 1.21. The van der Waals surface area contributed by atoms with Crippen LogP contribution in [0.3, 0.4) is 0 Å². The van der Waals surface area contributed by atoms with Crippen molar-refractivity contribution in [1.29, 1.82) is 0 Å². The maximum Gasteiger partial charge on any atom is 0.329 e. The molecule has 1 fully saturated rings. The quantitative estimate of drug-likeness (QED) is 0.115. The molecule has 3 amide bonds. The Hall–Kier alpha value is -4.45. The number of amides is 3. The van der Waals surface area contributed by atoms with Crippen molar-refractivity contribution in [3.8, 4) is 11.5 Å². The Kier molecular flexibility index (Phi) is 15.7. The molecule has 12 nitrogen and oxygen atoms in total. The average molecular weight is 696 g/mol. The molecule has 0 spiro atoms. The summed E-state index contributed by atoms with van der Waals surface area (Å²) in [6.07, 6.45) is 3.16. The molecule has 0 aromatic heterocycles. The van der Waals surface area contributed by atoms with E-state index in [1.165, 1.54) is 4.90 Å². The van der Waals surface area contributed by atoms with Crippen LogP contribution in [-0.4, -0.2) is 81.4 Å². The molecule has 3 rings (SSSR count). The van der Waals surface area contributed by atoms with Gasteiger partial charge in [-0.05, 0) is 80.3 Å². The summed E-state index contributed by atoms with van der Waals surface area (Å²) in [5.74, 6) is -1.14. The van der Waals surface area contributed by atoms with Crippen molar-refractivity contribution in [3.05, 3.63) is 53.6 Å². The lowest BCUT2D eigenvalue weighted by molar-refractivity contribution is -0.164. The van der Waals surface area contributed by atoms with Gasteiger partial charge in [-0.2, -0.15) is 0 Å². The van der Waals surface area contributed by atoms with Crippen LogP contribution in [0.5, 0.6) is 11.5 Å². The lowest BCUT2D eigenvalue weighted by Crippen LogP contribution is -2.53. The van der Waals surface area contributed by atoms with Crippen LogP contribution < -0.4 is 20.1 Å². The number of rotatable bonds is 19. The number of ether oxygens (including phenoxy) is 4. The van der Waals surface area contributed by atoms with Crippen molar-refractivity contribution in [3.63, 3.8) is 0 Å². The van der Waals surface area contributed by atoms with Crippen LogP contribution in [0.25, 0.3) is 0 Å². The highest BCUT2D eigenvalue weighted by Crippen LogP contribution is 2.32. The van der Waals surface area contributed by atoms with Crippen LogP contribution in [0.4, 0.5) is 5.69 Å². The van der Waals surface area contributed by atoms with Crippen LogP contribution in [0.15, 0.2) is 42.5 Å². The third-order valence-electron chi connectivity index (χ3n) is 9.10. The molecule has 1 heterocycles. The molecule has 1 saturated heterocycles. The van der Waals surface area contributed by atoms with Gasteiger partial charge in [0.2, 0.25) is 17.6 Å². The molecule has 0 radical (unpaired) electrons. The van der Waals surface area contributed by atoms with Crippen LogP contribution in [0, 0.1) is 5.41 Å². The molecular formula is C38H53N3O9. The highest BCUT2D eigenvalue weighted by atomic mass is 16.5. The Bertz CT molecular complexity index is 1480. The number of likely N-dealkylation sites (tertiary alicyclic amines) is 1. The third-order valence-corrected chi connectivity index (χ3v) is 9.10. The predicted octanol–water partition coefficient (Wildman–Crippen LogP) is 5.18. The number of carbonyl (C=O) groups is 5. The van der Waals surface area contributed by atoms with E-state index in [-0.39, 0.29) is 24.7 Å². The maximum atomic E-state index is 13.9. The summed E-state index contributed by atoms with van der Waals surface area (Å²) in [7, 11) is 4.72. The van der Waals surface area contributed by atoms with Crippen molar-refractivity contribution >= 4 is 35.2 Å². The Labute approximate surface area is 295 Å². The number of benzene rings is 2. The summed E-state index contributed by atoms with van der Waals surface area (Å²) in [6.45, 7) is 6.64. The normalized spacial score (nSPS) is 15.1. The van der Waals surface area contributed by atoms with Crippen molar-refractivity contribution in [2.45, 2.75) is 90.7 Å². The molecule has 2 aromatic carbocycles. The zero-order valence-electron chi connectivity index (χ0n) is 30.3. The molecule has 0 saturated carbocycles. The van der Waals surface area contributed by atoms with E-state index in [2.05, 4.69) is 10.6 Å². The number of Topliss-reactive ketones (excluding diaryl/α,β-unsaturated/α-hetero) is 1. The maximum absolute atomic E-state index is 13.9. The standard InChI is InChI=1S/C38H53N3O9/c1-7-38(2,3)35(44)36(45)41-22-9-8-14-29(41)37(46)50-30(17-15-26-16-18-31(48-5)32(24-26)49-6)27-12-10-13-28(25-27)40-34(43)20-19-33(42)39-21-11-23-47-4/h10,12-13,16,18,24-25,29-30H,7-9,11,14-15,17,19-23H2,1-6H3,(H,39,42)(H,40,43)/t29-,30+/m0/s1. The number of anilines is 1. The fourth-order valence-electron chi connectivity index (χ4n) is 5.65. The molecule has 2 N–H and O–H groups in total. The topological polar surface area (TPSA) is 150 Å². The summed E-state index contributed by atoms with van der Waals surface area (Å²) in [5, 5.41) is 5.61. The van der Waals surface area contributed by atoms with E-state index < -0.39 is 35.2 Å². The van der Waals surface area contributed by atoms with Gasteiger partial charge >= 0.3 is 5.97 Å². The molecule has 0 unspecified atom stereocenters. The monoisotopic (exact) mass is 695 g/mol. The molecule has 50 heavy (non-hydrogen) atoms. The van der Waals surface area contributed by atoms with Gasteiger partial charge in [0, 0.05) is 50.8 Å². The van der Waals surface area contributed by atoms with E-state index in [1.807, 2.05) is 31.2 Å². The molecule has 0 bridgehead atoms. The van der Waals surface area contributed by atoms with Gasteiger partial charge < -0.3 is 34.5 Å². The first-order chi connectivity index (χ1) is 23.9. The second-order valence-electron chi connectivity index (χ2n) is 13.1. The fourth-order valence-corrected chi connectivity index (χ4v) is 5.65. The minimum atomic E-state index is -0.889. The van der Waals surface area contributed by atoms with E-state index in [9.17, 15) is 24.0 Å². The number of piperidine rings is 1. The average Bonchev–Trinajstić information content (AvgIpc) is 3.13. The molecule has 1 aliphatic rings. The highest BCUT2D eigenvalue weighted by molar-refractivity contribution is 6.38. The molecule has 274 valence electrons. The first-order valence-corrected chi connectivity index (χ1v) is 17.4. The number of hydrogen-bond donors (Lipinski definition) is 2. The van der Waals surface area contributed by atoms with Crippen molar-refractivity contribution in [2.75, 3.05) is 46.3 Å². The SMILES string of the molecule is CCC(C)(C)C(=O)C(=O)N1CCCC[C@H]1C(=O)O[C@H](CCc1ccc(OC)c(OC)c1)c1cccc(NC(=O)CCC(=O)NCCCOC)c1. The summed E-state index contributed by atoms with van der Waals surface area (Å²) >= 11 is 0.